The van der Waals surface area contributed by atoms with Crippen LogP contribution in [0, 0.1) is 0 Å². The van der Waals surface area contributed by atoms with Gasteiger partial charge in [-0.05, 0) is 24.3 Å². The molecule has 0 N–H and O–H groups in total. The number of fused-ring (bicyclic) bond motifs is 1. The Balaban J connectivity index is 2.46. The van der Waals surface area contributed by atoms with E-state index in [1.54, 1.807) is 25.3 Å². The summed E-state index contributed by atoms with van der Waals surface area (Å²) in [6.07, 6.45) is 0.109. The summed E-state index contributed by atoms with van der Waals surface area (Å²) in [6.45, 7) is 0. The molecule has 5 heteroatoms. The van der Waals surface area contributed by atoms with Crippen LogP contribution >= 0.6 is 11.6 Å². The van der Waals surface area contributed by atoms with E-state index in [1.807, 2.05) is 6.07 Å². The molecule has 0 aliphatic heterocycles. The molecule has 2 aromatic rings. The maximum atomic E-state index is 11.2. The number of carbonyl (C=O) groups is 1. The lowest BCUT2D eigenvalue weighted by Gasteiger charge is -2.06. The van der Waals surface area contributed by atoms with Crippen molar-refractivity contribution in [3.63, 3.8) is 0 Å². The van der Waals surface area contributed by atoms with Crippen molar-refractivity contribution in [3.05, 3.63) is 35.0 Å². The van der Waals surface area contributed by atoms with E-state index in [0.29, 0.717) is 16.5 Å². The quantitative estimate of drug-likeness (QED) is 0.801. The van der Waals surface area contributed by atoms with Crippen LogP contribution in [0.5, 0.6) is 5.75 Å². The van der Waals surface area contributed by atoms with Gasteiger partial charge < -0.3 is 9.47 Å². The van der Waals surface area contributed by atoms with Crippen molar-refractivity contribution in [1.82, 2.24) is 4.98 Å². The normalized spacial score (nSPS) is 10.4. The highest BCUT2D eigenvalue weighted by atomic mass is 35.5. The van der Waals surface area contributed by atoms with Crippen LogP contribution in [0.25, 0.3) is 10.9 Å². The van der Waals surface area contributed by atoms with Gasteiger partial charge in [0.2, 0.25) is 0 Å². The van der Waals surface area contributed by atoms with Gasteiger partial charge in [0, 0.05) is 5.39 Å². The van der Waals surface area contributed by atoms with Gasteiger partial charge in [-0.1, -0.05) is 11.6 Å². The first-order chi connectivity index (χ1) is 8.63. The van der Waals surface area contributed by atoms with Gasteiger partial charge >= 0.3 is 5.97 Å². The fraction of sp³-hybridized carbons (Fsp3) is 0.231. The third kappa shape index (κ3) is 2.54. The molecule has 2 rings (SSSR count). The summed E-state index contributed by atoms with van der Waals surface area (Å²) in [5.74, 6) is 0.373. The summed E-state index contributed by atoms with van der Waals surface area (Å²) in [5.41, 5.74) is 1.31. The second-order valence-electron chi connectivity index (χ2n) is 3.73. The van der Waals surface area contributed by atoms with E-state index < -0.39 is 0 Å². The smallest absolute Gasteiger partial charge is 0.311 e. The summed E-state index contributed by atoms with van der Waals surface area (Å²) < 4.78 is 9.73. The minimum atomic E-state index is -0.341. The molecule has 1 aromatic heterocycles. The molecule has 1 aromatic carbocycles. The van der Waals surface area contributed by atoms with E-state index in [9.17, 15) is 4.79 Å². The standard InChI is InChI=1S/C13H12ClNO3/c1-17-9-3-4-12-10(7-9)11(14)5-8(15-12)6-13(16)18-2/h3-5,7H,6H2,1-2H3. The van der Waals surface area contributed by atoms with Crippen molar-refractivity contribution in [3.8, 4) is 5.75 Å². The highest BCUT2D eigenvalue weighted by Crippen LogP contribution is 2.27. The molecule has 0 fully saturated rings. The van der Waals surface area contributed by atoms with Crippen LogP contribution in [-0.4, -0.2) is 25.2 Å². The van der Waals surface area contributed by atoms with Gasteiger partial charge in [-0.15, -0.1) is 0 Å². The number of esters is 1. The fourth-order valence-corrected chi connectivity index (χ4v) is 1.93. The molecule has 0 bridgehead atoms. The number of hydrogen-bond acceptors (Lipinski definition) is 4. The zero-order valence-corrected chi connectivity index (χ0v) is 10.8. The molecule has 0 amide bonds. The molecule has 0 unspecified atom stereocenters. The van der Waals surface area contributed by atoms with Crippen molar-refractivity contribution >= 4 is 28.5 Å². The van der Waals surface area contributed by atoms with Crippen LogP contribution in [0.1, 0.15) is 5.69 Å². The Labute approximate surface area is 109 Å². The summed E-state index contributed by atoms with van der Waals surface area (Å²) in [7, 11) is 2.93. The minimum Gasteiger partial charge on any atom is -0.497 e. The van der Waals surface area contributed by atoms with E-state index >= 15 is 0 Å². The number of methoxy groups -OCH3 is 2. The molecule has 94 valence electrons. The maximum Gasteiger partial charge on any atom is 0.311 e. The number of aromatic nitrogens is 1. The first-order valence-corrected chi connectivity index (χ1v) is 5.72. The van der Waals surface area contributed by atoms with Gasteiger partial charge in [0.05, 0.1) is 36.9 Å². The van der Waals surface area contributed by atoms with E-state index in [2.05, 4.69) is 9.72 Å². The monoisotopic (exact) mass is 265 g/mol. The van der Waals surface area contributed by atoms with Gasteiger partial charge in [0.1, 0.15) is 5.75 Å². The van der Waals surface area contributed by atoms with Crippen molar-refractivity contribution < 1.29 is 14.3 Å². The van der Waals surface area contributed by atoms with Crippen LogP contribution in [0.3, 0.4) is 0 Å². The first kappa shape index (κ1) is 12.6. The Hall–Kier alpha value is -1.81. The Morgan fingerprint density at radius 2 is 2.11 bits per heavy atom. The maximum absolute atomic E-state index is 11.2. The first-order valence-electron chi connectivity index (χ1n) is 5.34. The van der Waals surface area contributed by atoms with E-state index in [-0.39, 0.29) is 12.4 Å². The van der Waals surface area contributed by atoms with Crippen LogP contribution in [-0.2, 0) is 16.0 Å². The highest BCUT2D eigenvalue weighted by molar-refractivity contribution is 6.35. The molecule has 0 aliphatic carbocycles. The van der Waals surface area contributed by atoms with Gasteiger partial charge in [0.15, 0.2) is 0 Å². The van der Waals surface area contributed by atoms with E-state index in [1.165, 1.54) is 7.11 Å². The predicted octanol–water partition coefficient (Wildman–Crippen LogP) is 2.61. The number of benzene rings is 1. The van der Waals surface area contributed by atoms with E-state index in [0.717, 1.165) is 10.9 Å². The number of rotatable bonds is 3. The number of pyridine rings is 1. The van der Waals surface area contributed by atoms with Crippen molar-refractivity contribution in [2.75, 3.05) is 14.2 Å². The van der Waals surface area contributed by atoms with Gasteiger partial charge in [-0.2, -0.15) is 0 Å². The molecular formula is C13H12ClNO3. The topological polar surface area (TPSA) is 48.4 Å². The van der Waals surface area contributed by atoms with E-state index in [4.69, 9.17) is 16.3 Å². The Bertz CT molecular complexity index is 598. The second kappa shape index (κ2) is 5.23. The Morgan fingerprint density at radius 1 is 1.33 bits per heavy atom. The highest BCUT2D eigenvalue weighted by Gasteiger charge is 2.09. The molecule has 0 spiro atoms. The second-order valence-corrected chi connectivity index (χ2v) is 4.14. The fourth-order valence-electron chi connectivity index (χ4n) is 1.65. The molecule has 18 heavy (non-hydrogen) atoms. The summed E-state index contributed by atoms with van der Waals surface area (Å²) in [5, 5.41) is 1.34. The molecular weight excluding hydrogens is 254 g/mol. The molecule has 0 saturated carbocycles. The molecule has 0 atom stereocenters. The molecule has 0 saturated heterocycles. The summed E-state index contributed by atoms with van der Waals surface area (Å²) >= 11 is 6.17. The lowest BCUT2D eigenvalue weighted by Crippen LogP contribution is -2.06. The van der Waals surface area contributed by atoms with Gasteiger partial charge in [-0.3, -0.25) is 9.78 Å². The third-order valence-electron chi connectivity index (χ3n) is 2.57. The molecule has 0 aliphatic rings. The molecule has 1 heterocycles. The zero-order chi connectivity index (χ0) is 13.1. The molecule has 4 nitrogen and oxygen atoms in total. The Morgan fingerprint density at radius 3 is 2.78 bits per heavy atom. The number of ether oxygens (including phenoxy) is 2. The SMILES string of the molecule is COC(=O)Cc1cc(Cl)c2cc(OC)ccc2n1. The van der Waals surface area contributed by atoms with Crippen molar-refractivity contribution in [2.45, 2.75) is 6.42 Å². The lowest BCUT2D eigenvalue weighted by molar-refractivity contribution is -0.139. The number of hydrogen-bond donors (Lipinski definition) is 0. The Kier molecular flexibility index (Phi) is 3.67. The van der Waals surface area contributed by atoms with Gasteiger partial charge in [0.25, 0.3) is 0 Å². The number of nitrogens with zero attached hydrogens (tertiary/aromatic N) is 1. The largest absolute Gasteiger partial charge is 0.497 e. The van der Waals surface area contributed by atoms with Crippen LogP contribution < -0.4 is 4.74 Å². The van der Waals surface area contributed by atoms with Gasteiger partial charge in [-0.25, -0.2) is 0 Å². The zero-order valence-electron chi connectivity index (χ0n) is 10.1. The third-order valence-corrected chi connectivity index (χ3v) is 2.88. The average molecular weight is 266 g/mol. The van der Waals surface area contributed by atoms with Crippen molar-refractivity contribution in [1.29, 1.82) is 0 Å². The summed E-state index contributed by atoms with van der Waals surface area (Å²) in [4.78, 5) is 15.6. The summed E-state index contributed by atoms with van der Waals surface area (Å²) in [6, 6.07) is 7.08. The van der Waals surface area contributed by atoms with Crippen LogP contribution in [0.4, 0.5) is 0 Å². The minimum absolute atomic E-state index is 0.109. The predicted molar refractivity (Wildman–Crippen MR) is 69.0 cm³/mol. The number of halogens is 1. The van der Waals surface area contributed by atoms with Crippen LogP contribution in [0.15, 0.2) is 24.3 Å². The van der Waals surface area contributed by atoms with Crippen LogP contribution in [0.2, 0.25) is 5.02 Å². The van der Waals surface area contributed by atoms with Crippen molar-refractivity contribution in [2.24, 2.45) is 0 Å². The average Bonchev–Trinajstić information content (AvgIpc) is 2.38. The lowest BCUT2D eigenvalue weighted by atomic mass is 10.1. The molecule has 0 radical (unpaired) electrons. The number of carbonyl (C=O) groups excluding carboxylic acids is 1.